The van der Waals surface area contributed by atoms with Crippen molar-refractivity contribution in [3.05, 3.63) is 23.8 Å². The smallest absolute Gasteiger partial charge is 0.251 e. The molecule has 6 nitrogen and oxygen atoms in total. The lowest BCUT2D eigenvalue weighted by Crippen LogP contribution is -2.53. The van der Waals surface area contributed by atoms with Gasteiger partial charge >= 0.3 is 0 Å². The van der Waals surface area contributed by atoms with E-state index in [2.05, 4.69) is 10.6 Å². The molecule has 0 aliphatic carbocycles. The van der Waals surface area contributed by atoms with E-state index in [1.54, 1.807) is 39.5 Å². The van der Waals surface area contributed by atoms with Gasteiger partial charge in [-0.2, -0.15) is 0 Å². The molecule has 6 heteroatoms. The first-order chi connectivity index (χ1) is 10.6. The highest BCUT2D eigenvalue weighted by Crippen LogP contribution is 2.27. The van der Waals surface area contributed by atoms with E-state index in [0.29, 0.717) is 30.2 Å². The molecule has 1 aliphatic heterocycles. The second-order valence-corrected chi connectivity index (χ2v) is 5.50. The second-order valence-electron chi connectivity index (χ2n) is 5.50. The third-order valence-corrected chi connectivity index (χ3v) is 3.99. The minimum Gasteiger partial charge on any atom is -0.493 e. The van der Waals surface area contributed by atoms with E-state index in [9.17, 15) is 4.79 Å². The quantitative estimate of drug-likeness (QED) is 0.792. The minimum absolute atomic E-state index is 0.134. The first kappa shape index (κ1) is 16.6. The number of benzene rings is 1. The van der Waals surface area contributed by atoms with Crippen LogP contribution >= 0.6 is 0 Å². The van der Waals surface area contributed by atoms with Gasteiger partial charge in [0.15, 0.2) is 11.5 Å². The van der Waals surface area contributed by atoms with Crippen LogP contribution in [0.5, 0.6) is 11.5 Å². The highest BCUT2D eigenvalue weighted by atomic mass is 16.5. The molecule has 1 fully saturated rings. The van der Waals surface area contributed by atoms with Gasteiger partial charge in [-0.05, 0) is 37.6 Å². The van der Waals surface area contributed by atoms with E-state index in [1.807, 2.05) is 0 Å². The number of rotatable bonds is 7. The predicted molar refractivity (Wildman–Crippen MR) is 83.7 cm³/mol. The van der Waals surface area contributed by atoms with E-state index in [4.69, 9.17) is 14.2 Å². The maximum absolute atomic E-state index is 12.3. The zero-order valence-corrected chi connectivity index (χ0v) is 13.4. The Morgan fingerprint density at radius 1 is 1.27 bits per heavy atom. The SMILES string of the molecule is COCC1(CNC(=O)c2ccc(OC)c(OC)c2)CCCN1. The van der Waals surface area contributed by atoms with Gasteiger partial charge in [-0.25, -0.2) is 0 Å². The molecule has 0 aromatic heterocycles. The molecule has 1 aliphatic rings. The van der Waals surface area contributed by atoms with E-state index in [-0.39, 0.29) is 11.4 Å². The topological polar surface area (TPSA) is 68.8 Å². The molecule has 0 spiro atoms. The summed E-state index contributed by atoms with van der Waals surface area (Å²) in [6.07, 6.45) is 2.09. The summed E-state index contributed by atoms with van der Waals surface area (Å²) in [6, 6.07) is 5.13. The number of nitrogens with one attached hydrogen (secondary N) is 2. The van der Waals surface area contributed by atoms with Gasteiger partial charge in [0.2, 0.25) is 0 Å². The summed E-state index contributed by atoms with van der Waals surface area (Å²) in [4.78, 5) is 12.3. The molecule has 0 radical (unpaired) electrons. The monoisotopic (exact) mass is 308 g/mol. The fourth-order valence-corrected chi connectivity index (χ4v) is 2.80. The number of amides is 1. The molecule has 22 heavy (non-hydrogen) atoms. The molecule has 1 unspecified atom stereocenters. The Morgan fingerprint density at radius 3 is 2.64 bits per heavy atom. The Bertz CT molecular complexity index is 513. The third kappa shape index (κ3) is 3.69. The van der Waals surface area contributed by atoms with Crippen molar-refractivity contribution in [2.45, 2.75) is 18.4 Å². The highest BCUT2D eigenvalue weighted by molar-refractivity contribution is 5.94. The molecular formula is C16H24N2O4. The van der Waals surface area contributed by atoms with Gasteiger partial charge in [0.05, 0.1) is 26.4 Å². The molecule has 122 valence electrons. The normalized spacial score (nSPS) is 20.7. The lowest BCUT2D eigenvalue weighted by Gasteiger charge is -2.29. The highest BCUT2D eigenvalue weighted by Gasteiger charge is 2.33. The van der Waals surface area contributed by atoms with Crippen molar-refractivity contribution in [1.29, 1.82) is 0 Å². The third-order valence-electron chi connectivity index (χ3n) is 3.99. The molecule has 1 amide bonds. The van der Waals surface area contributed by atoms with Crippen molar-refractivity contribution in [3.63, 3.8) is 0 Å². The Balaban J connectivity index is 2.02. The average Bonchev–Trinajstić information content (AvgIpc) is 3.01. The van der Waals surface area contributed by atoms with Crippen LogP contribution in [0.1, 0.15) is 23.2 Å². The van der Waals surface area contributed by atoms with Crippen LogP contribution in [0.4, 0.5) is 0 Å². The Labute approximate surface area is 131 Å². The lowest BCUT2D eigenvalue weighted by molar-refractivity contribution is 0.0892. The molecule has 0 saturated carbocycles. The van der Waals surface area contributed by atoms with Gasteiger partial charge in [-0.1, -0.05) is 0 Å². The van der Waals surface area contributed by atoms with Crippen LogP contribution in [0.25, 0.3) is 0 Å². The summed E-state index contributed by atoms with van der Waals surface area (Å²) in [5.74, 6) is 1.01. The number of methoxy groups -OCH3 is 3. The number of hydrogen-bond acceptors (Lipinski definition) is 5. The van der Waals surface area contributed by atoms with Crippen LogP contribution < -0.4 is 20.1 Å². The van der Waals surface area contributed by atoms with E-state index in [1.165, 1.54) is 0 Å². The fourth-order valence-electron chi connectivity index (χ4n) is 2.80. The van der Waals surface area contributed by atoms with Crippen molar-refractivity contribution < 1.29 is 19.0 Å². The van der Waals surface area contributed by atoms with Crippen LogP contribution in [0.15, 0.2) is 18.2 Å². The average molecular weight is 308 g/mol. The standard InChI is InChI=1S/C16H24N2O4/c1-20-11-16(7-4-8-18-16)10-17-15(19)12-5-6-13(21-2)14(9-12)22-3/h5-6,9,18H,4,7-8,10-11H2,1-3H3,(H,17,19). The Kier molecular flexibility index (Phi) is 5.63. The minimum atomic E-state index is -0.166. The summed E-state index contributed by atoms with van der Waals surface area (Å²) >= 11 is 0. The molecule has 1 atom stereocenters. The predicted octanol–water partition coefficient (Wildman–Crippen LogP) is 1.20. The molecule has 2 rings (SSSR count). The summed E-state index contributed by atoms with van der Waals surface area (Å²) in [7, 11) is 4.80. The van der Waals surface area contributed by atoms with E-state index in [0.717, 1.165) is 19.4 Å². The number of ether oxygens (including phenoxy) is 3. The molecule has 0 bridgehead atoms. The molecule has 2 N–H and O–H groups in total. The molecule has 1 aromatic rings. The number of carbonyl (C=O) groups is 1. The first-order valence-electron chi connectivity index (χ1n) is 7.38. The lowest BCUT2D eigenvalue weighted by atomic mass is 9.98. The Hall–Kier alpha value is -1.79. The fraction of sp³-hybridized carbons (Fsp3) is 0.562. The van der Waals surface area contributed by atoms with Crippen LogP contribution in [-0.2, 0) is 4.74 Å². The zero-order chi connectivity index (χ0) is 16.0. The Morgan fingerprint density at radius 2 is 2.05 bits per heavy atom. The summed E-state index contributed by atoms with van der Waals surface area (Å²) in [5.41, 5.74) is 0.379. The van der Waals surface area contributed by atoms with Gasteiger partial charge < -0.3 is 24.8 Å². The van der Waals surface area contributed by atoms with Gasteiger partial charge in [-0.15, -0.1) is 0 Å². The number of carbonyl (C=O) groups excluding carboxylic acids is 1. The second kappa shape index (κ2) is 7.47. The maximum atomic E-state index is 12.3. The first-order valence-corrected chi connectivity index (χ1v) is 7.38. The van der Waals surface area contributed by atoms with Gasteiger partial charge in [0.25, 0.3) is 5.91 Å². The van der Waals surface area contributed by atoms with Gasteiger partial charge in [-0.3, -0.25) is 4.79 Å². The maximum Gasteiger partial charge on any atom is 0.251 e. The molecule has 1 heterocycles. The van der Waals surface area contributed by atoms with E-state index >= 15 is 0 Å². The van der Waals surface area contributed by atoms with Gasteiger partial charge in [0.1, 0.15) is 0 Å². The van der Waals surface area contributed by atoms with Crippen LogP contribution in [0.3, 0.4) is 0 Å². The van der Waals surface area contributed by atoms with Crippen LogP contribution in [0, 0.1) is 0 Å². The summed E-state index contributed by atoms with van der Waals surface area (Å²) in [6.45, 7) is 2.07. The number of hydrogen-bond donors (Lipinski definition) is 2. The molecule has 1 saturated heterocycles. The van der Waals surface area contributed by atoms with Crippen LogP contribution in [-0.4, -0.2) is 52.5 Å². The summed E-state index contributed by atoms with van der Waals surface area (Å²) in [5, 5.41) is 6.41. The van der Waals surface area contributed by atoms with Crippen molar-refractivity contribution in [2.24, 2.45) is 0 Å². The van der Waals surface area contributed by atoms with Crippen molar-refractivity contribution in [2.75, 3.05) is 41.0 Å². The van der Waals surface area contributed by atoms with Gasteiger partial charge in [0, 0.05) is 19.2 Å². The zero-order valence-electron chi connectivity index (χ0n) is 13.4. The summed E-state index contributed by atoms with van der Waals surface area (Å²) < 4.78 is 15.7. The van der Waals surface area contributed by atoms with Crippen molar-refractivity contribution >= 4 is 5.91 Å². The molecule has 1 aromatic carbocycles. The molecular weight excluding hydrogens is 284 g/mol. The van der Waals surface area contributed by atoms with Crippen molar-refractivity contribution in [3.8, 4) is 11.5 Å². The van der Waals surface area contributed by atoms with E-state index < -0.39 is 0 Å². The van der Waals surface area contributed by atoms with Crippen LogP contribution in [0.2, 0.25) is 0 Å². The largest absolute Gasteiger partial charge is 0.493 e. The van der Waals surface area contributed by atoms with Crippen molar-refractivity contribution in [1.82, 2.24) is 10.6 Å².